The molecule has 5 nitrogen and oxygen atoms in total. The molecule has 1 heterocycles. The Labute approximate surface area is 88.4 Å². The number of hydrogen-bond donors (Lipinski definition) is 1. The van der Waals surface area contributed by atoms with Crippen molar-refractivity contribution in [1.82, 2.24) is 9.63 Å². The topological polar surface area (TPSA) is 60.5 Å². The van der Waals surface area contributed by atoms with Gasteiger partial charge in [-0.3, -0.25) is 9.63 Å². The van der Waals surface area contributed by atoms with Crippen molar-refractivity contribution in [3.8, 4) is 0 Å². The molecule has 2 N–H and O–H groups in total. The summed E-state index contributed by atoms with van der Waals surface area (Å²) < 4.78 is 1.94. The summed E-state index contributed by atoms with van der Waals surface area (Å²) in [6.45, 7) is 0. The van der Waals surface area contributed by atoms with Crippen LogP contribution in [0, 0.1) is 0 Å². The van der Waals surface area contributed by atoms with Crippen LogP contribution in [0.5, 0.6) is 0 Å². The molecule has 15 heavy (non-hydrogen) atoms. The van der Waals surface area contributed by atoms with Crippen LogP contribution in [-0.4, -0.2) is 29.7 Å². The Morgan fingerprint density at radius 3 is 2.87 bits per heavy atom. The van der Waals surface area contributed by atoms with E-state index >= 15 is 0 Å². The van der Waals surface area contributed by atoms with Crippen LogP contribution in [0.3, 0.4) is 0 Å². The number of carbonyl (C=O) groups excluding carboxylic acids is 1. The standard InChI is InChI=1S/C10H15N3O2/c1-12(15-2)10(14)9-5-7(11)6-13(9)8-3-4-8/h5-6,8H,3-4,11H2,1-2H3. The first kappa shape index (κ1) is 10.0. The predicted molar refractivity (Wildman–Crippen MR) is 56.2 cm³/mol. The third kappa shape index (κ3) is 1.83. The van der Waals surface area contributed by atoms with Crippen LogP contribution in [0.2, 0.25) is 0 Å². The van der Waals surface area contributed by atoms with Gasteiger partial charge in [0.2, 0.25) is 0 Å². The number of anilines is 1. The summed E-state index contributed by atoms with van der Waals surface area (Å²) in [7, 11) is 3.05. The highest BCUT2D eigenvalue weighted by molar-refractivity contribution is 5.93. The summed E-state index contributed by atoms with van der Waals surface area (Å²) in [6.07, 6.45) is 4.05. The molecule has 1 aromatic heterocycles. The molecular weight excluding hydrogens is 194 g/mol. The second-order valence-electron chi connectivity index (χ2n) is 3.78. The lowest BCUT2D eigenvalue weighted by Crippen LogP contribution is -2.27. The van der Waals surface area contributed by atoms with E-state index in [0.29, 0.717) is 17.4 Å². The number of carbonyl (C=O) groups is 1. The molecule has 1 aliphatic rings. The normalized spacial score (nSPS) is 15.3. The largest absolute Gasteiger partial charge is 0.397 e. The zero-order chi connectivity index (χ0) is 11.0. The van der Waals surface area contributed by atoms with Crippen LogP contribution < -0.4 is 5.73 Å². The number of aromatic nitrogens is 1. The maximum absolute atomic E-state index is 11.9. The number of nitrogen functional groups attached to an aromatic ring is 1. The van der Waals surface area contributed by atoms with E-state index in [-0.39, 0.29) is 5.91 Å². The first-order chi connectivity index (χ1) is 7.13. The van der Waals surface area contributed by atoms with Crippen LogP contribution in [-0.2, 0) is 4.84 Å². The average molecular weight is 209 g/mol. The Kier molecular flexibility index (Phi) is 2.40. The Morgan fingerprint density at radius 2 is 2.33 bits per heavy atom. The molecule has 5 heteroatoms. The molecule has 0 atom stereocenters. The summed E-state index contributed by atoms with van der Waals surface area (Å²) in [5.41, 5.74) is 6.91. The summed E-state index contributed by atoms with van der Waals surface area (Å²) in [4.78, 5) is 16.7. The molecule has 82 valence electrons. The lowest BCUT2D eigenvalue weighted by Gasteiger charge is -2.14. The van der Waals surface area contributed by atoms with Crippen molar-refractivity contribution >= 4 is 11.6 Å². The highest BCUT2D eigenvalue weighted by Gasteiger charge is 2.28. The van der Waals surface area contributed by atoms with Crippen LogP contribution in [0.25, 0.3) is 0 Å². The van der Waals surface area contributed by atoms with E-state index in [9.17, 15) is 4.79 Å². The van der Waals surface area contributed by atoms with Gasteiger partial charge in [0.15, 0.2) is 0 Å². The van der Waals surface area contributed by atoms with E-state index in [0.717, 1.165) is 12.8 Å². The monoisotopic (exact) mass is 209 g/mol. The maximum Gasteiger partial charge on any atom is 0.293 e. The molecule has 1 amide bonds. The van der Waals surface area contributed by atoms with Gasteiger partial charge in [0.05, 0.1) is 12.8 Å². The number of rotatable bonds is 3. The van der Waals surface area contributed by atoms with E-state index < -0.39 is 0 Å². The van der Waals surface area contributed by atoms with Crippen LogP contribution in [0.4, 0.5) is 5.69 Å². The van der Waals surface area contributed by atoms with Gasteiger partial charge in [0.1, 0.15) is 5.69 Å². The molecule has 0 unspecified atom stereocenters. The predicted octanol–water partition coefficient (Wildman–Crippen LogP) is 1.04. The number of hydroxylamine groups is 2. The van der Waals surface area contributed by atoms with E-state index in [4.69, 9.17) is 10.6 Å². The Morgan fingerprint density at radius 1 is 1.67 bits per heavy atom. The molecular formula is C10H15N3O2. The summed E-state index contributed by atoms with van der Waals surface area (Å²) >= 11 is 0. The van der Waals surface area contributed by atoms with Crippen molar-refractivity contribution in [2.24, 2.45) is 0 Å². The minimum absolute atomic E-state index is 0.166. The van der Waals surface area contributed by atoms with Crippen molar-refractivity contribution in [3.05, 3.63) is 18.0 Å². The highest BCUT2D eigenvalue weighted by atomic mass is 16.7. The van der Waals surface area contributed by atoms with Crippen molar-refractivity contribution in [2.45, 2.75) is 18.9 Å². The van der Waals surface area contributed by atoms with Gasteiger partial charge in [0, 0.05) is 19.3 Å². The quantitative estimate of drug-likeness (QED) is 0.756. The van der Waals surface area contributed by atoms with Gasteiger partial charge in [-0.05, 0) is 18.9 Å². The third-order valence-electron chi connectivity index (χ3n) is 2.59. The summed E-state index contributed by atoms with van der Waals surface area (Å²) in [5, 5.41) is 1.20. The van der Waals surface area contributed by atoms with Crippen molar-refractivity contribution in [3.63, 3.8) is 0 Å². The molecule has 1 aliphatic carbocycles. The second-order valence-corrected chi connectivity index (χ2v) is 3.78. The van der Waals surface area contributed by atoms with Crippen molar-refractivity contribution in [1.29, 1.82) is 0 Å². The third-order valence-corrected chi connectivity index (χ3v) is 2.59. The van der Waals surface area contributed by atoms with Crippen molar-refractivity contribution in [2.75, 3.05) is 19.9 Å². The molecule has 0 bridgehead atoms. The SMILES string of the molecule is CON(C)C(=O)c1cc(N)cn1C1CC1. The number of nitrogens with two attached hydrogens (primary N) is 1. The van der Waals surface area contributed by atoms with E-state index in [1.54, 1.807) is 13.1 Å². The zero-order valence-corrected chi connectivity index (χ0v) is 8.93. The van der Waals surface area contributed by atoms with Gasteiger partial charge in [-0.25, -0.2) is 5.06 Å². The van der Waals surface area contributed by atoms with Crippen LogP contribution >= 0.6 is 0 Å². The van der Waals surface area contributed by atoms with Gasteiger partial charge >= 0.3 is 0 Å². The first-order valence-corrected chi connectivity index (χ1v) is 4.93. The molecule has 0 saturated heterocycles. The van der Waals surface area contributed by atoms with Gasteiger partial charge in [-0.2, -0.15) is 0 Å². The number of nitrogens with zero attached hydrogens (tertiary/aromatic N) is 2. The minimum Gasteiger partial charge on any atom is -0.397 e. The maximum atomic E-state index is 11.9. The lowest BCUT2D eigenvalue weighted by molar-refractivity contribution is -0.0763. The molecule has 1 aromatic rings. The van der Waals surface area contributed by atoms with Crippen LogP contribution in [0.1, 0.15) is 29.4 Å². The average Bonchev–Trinajstić information content (AvgIpc) is 3.00. The van der Waals surface area contributed by atoms with Gasteiger partial charge in [-0.1, -0.05) is 0 Å². The Balaban J connectivity index is 2.29. The Bertz CT molecular complexity index is 382. The summed E-state index contributed by atoms with van der Waals surface area (Å²) in [5.74, 6) is -0.166. The first-order valence-electron chi connectivity index (χ1n) is 4.93. The Hall–Kier alpha value is -1.49. The van der Waals surface area contributed by atoms with Crippen LogP contribution in [0.15, 0.2) is 12.3 Å². The fourth-order valence-corrected chi connectivity index (χ4v) is 1.57. The fraction of sp³-hybridized carbons (Fsp3) is 0.500. The van der Waals surface area contributed by atoms with E-state index in [1.807, 2.05) is 10.8 Å². The van der Waals surface area contributed by atoms with Gasteiger partial charge < -0.3 is 10.3 Å². The molecule has 0 spiro atoms. The second kappa shape index (κ2) is 3.58. The number of amides is 1. The lowest BCUT2D eigenvalue weighted by atomic mass is 10.4. The van der Waals surface area contributed by atoms with E-state index in [1.165, 1.54) is 12.2 Å². The molecule has 2 rings (SSSR count). The smallest absolute Gasteiger partial charge is 0.293 e. The minimum atomic E-state index is -0.166. The van der Waals surface area contributed by atoms with Gasteiger partial charge in [0.25, 0.3) is 5.91 Å². The fourth-order valence-electron chi connectivity index (χ4n) is 1.57. The molecule has 1 fully saturated rings. The molecule has 1 saturated carbocycles. The zero-order valence-electron chi connectivity index (χ0n) is 8.93. The highest BCUT2D eigenvalue weighted by Crippen LogP contribution is 2.37. The molecule has 0 aromatic carbocycles. The molecule has 0 aliphatic heterocycles. The molecule has 0 radical (unpaired) electrons. The summed E-state index contributed by atoms with van der Waals surface area (Å²) in [6, 6.07) is 2.13. The number of hydrogen-bond acceptors (Lipinski definition) is 3. The van der Waals surface area contributed by atoms with Crippen molar-refractivity contribution < 1.29 is 9.63 Å². The van der Waals surface area contributed by atoms with E-state index in [2.05, 4.69) is 0 Å². The van der Waals surface area contributed by atoms with Gasteiger partial charge in [-0.15, -0.1) is 0 Å².